The van der Waals surface area contributed by atoms with Crippen molar-refractivity contribution in [3.63, 3.8) is 0 Å². The van der Waals surface area contributed by atoms with Crippen LogP contribution in [0.3, 0.4) is 0 Å². The number of nitrogens with two attached hydrogens (primary N) is 1. The number of carbonyl (C=O) groups excluding carboxylic acids is 3. The largest absolute Gasteiger partial charge is 0.323 e. The first-order chi connectivity index (χ1) is 16.2. The van der Waals surface area contributed by atoms with Crippen LogP contribution in [0, 0.1) is 6.92 Å². The van der Waals surface area contributed by atoms with Gasteiger partial charge in [0.1, 0.15) is 6.04 Å². The average Bonchev–Trinajstić information content (AvgIpc) is 2.96. The highest BCUT2D eigenvalue weighted by Crippen LogP contribution is 2.32. The summed E-state index contributed by atoms with van der Waals surface area (Å²) in [6, 6.07) is 11.5. The average molecular weight is 484 g/mol. The van der Waals surface area contributed by atoms with Crippen molar-refractivity contribution < 1.29 is 22.8 Å². The van der Waals surface area contributed by atoms with Gasteiger partial charge in [0.25, 0.3) is 11.8 Å². The van der Waals surface area contributed by atoms with Crippen molar-refractivity contribution in [1.29, 1.82) is 0 Å². The van der Waals surface area contributed by atoms with E-state index in [2.05, 4.69) is 0 Å². The van der Waals surface area contributed by atoms with Gasteiger partial charge in [0.15, 0.2) is 0 Å². The summed E-state index contributed by atoms with van der Waals surface area (Å²) in [5, 5.41) is 5.15. The van der Waals surface area contributed by atoms with E-state index in [-0.39, 0.29) is 29.0 Å². The molecule has 1 aliphatic heterocycles. The summed E-state index contributed by atoms with van der Waals surface area (Å²) in [6.45, 7) is 1.94. The first-order valence-electron chi connectivity index (χ1n) is 11.6. The third-order valence-electron chi connectivity index (χ3n) is 6.63. The van der Waals surface area contributed by atoms with E-state index >= 15 is 0 Å². The fourth-order valence-corrected chi connectivity index (χ4v) is 5.35. The number of sulfonamides is 1. The number of carbonyl (C=O) groups is 3. The summed E-state index contributed by atoms with van der Waals surface area (Å²) in [5.74, 6) is -1.14. The Bertz CT molecular complexity index is 1180. The van der Waals surface area contributed by atoms with Crippen LogP contribution in [0.5, 0.6) is 0 Å². The Hall–Kier alpha value is -3.04. The maximum atomic E-state index is 13.7. The molecule has 2 aliphatic rings. The Kier molecular flexibility index (Phi) is 6.86. The van der Waals surface area contributed by atoms with Gasteiger partial charge in [0, 0.05) is 11.6 Å². The van der Waals surface area contributed by atoms with E-state index in [1.807, 2.05) is 19.1 Å². The molecule has 8 nitrogen and oxygen atoms in total. The summed E-state index contributed by atoms with van der Waals surface area (Å²) in [7, 11) is -3.90. The number of hydrogen-bond donors (Lipinski definition) is 1. The van der Waals surface area contributed by atoms with Crippen LogP contribution >= 0.6 is 0 Å². The van der Waals surface area contributed by atoms with E-state index in [4.69, 9.17) is 5.14 Å². The minimum atomic E-state index is -3.90. The zero-order valence-corrected chi connectivity index (χ0v) is 20.0. The molecule has 1 saturated heterocycles. The lowest BCUT2D eigenvalue weighted by atomic mass is 10.0. The molecule has 1 heterocycles. The number of primary sulfonamides is 1. The summed E-state index contributed by atoms with van der Waals surface area (Å²) >= 11 is 0. The Balaban J connectivity index is 1.67. The predicted octanol–water partition coefficient (Wildman–Crippen LogP) is 3.14. The van der Waals surface area contributed by atoms with Gasteiger partial charge in [-0.3, -0.25) is 14.4 Å². The number of anilines is 1. The van der Waals surface area contributed by atoms with Crippen LogP contribution < -0.4 is 10.0 Å². The summed E-state index contributed by atoms with van der Waals surface area (Å²) in [5.41, 5.74) is 1.78. The van der Waals surface area contributed by atoms with E-state index in [1.165, 1.54) is 24.3 Å². The highest BCUT2D eigenvalue weighted by Gasteiger charge is 2.46. The summed E-state index contributed by atoms with van der Waals surface area (Å²) < 4.78 is 23.1. The topological polar surface area (TPSA) is 118 Å². The van der Waals surface area contributed by atoms with Crippen LogP contribution in [0.25, 0.3) is 0 Å². The number of benzene rings is 2. The second-order valence-corrected chi connectivity index (χ2v) is 10.6. The Morgan fingerprint density at radius 2 is 1.53 bits per heavy atom. The Morgan fingerprint density at radius 1 is 0.941 bits per heavy atom. The van der Waals surface area contributed by atoms with E-state index in [9.17, 15) is 22.8 Å². The number of amides is 3. The second kappa shape index (κ2) is 9.68. The lowest BCUT2D eigenvalue weighted by Gasteiger charge is -2.35. The fraction of sp³-hybridized carbons (Fsp3) is 0.400. The zero-order valence-electron chi connectivity index (χ0n) is 19.1. The number of rotatable bonds is 5. The van der Waals surface area contributed by atoms with E-state index in [0.29, 0.717) is 5.56 Å². The molecular weight excluding hydrogens is 454 g/mol. The van der Waals surface area contributed by atoms with Gasteiger partial charge in [-0.15, -0.1) is 0 Å². The van der Waals surface area contributed by atoms with Crippen LogP contribution in [0.1, 0.15) is 60.9 Å². The first-order valence-corrected chi connectivity index (χ1v) is 13.1. The van der Waals surface area contributed by atoms with Crippen LogP contribution in [0.2, 0.25) is 0 Å². The van der Waals surface area contributed by atoms with Crippen molar-refractivity contribution in [2.24, 2.45) is 5.14 Å². The summed E-state index contributed by atoms with van der Waals surface area (Å²) in [6.07, 6.45) is 5.58. The molecule has 2 N–H and O–H groups in total. The number of nitrogens with zero attached hydrogens (tertiary/aromatic N) is 2. The van der Waals surface area contributed by atoms with Crippen molar-refractivity contribution in [2.45, 2.75) is 68.8 Å². The molecule has 9 heteroatoms. The predicted molar refractivity (Wildman–Crippen MR) is 128 cm³/mol. The number of aryl methyl sites for hydroxylation is 1. The smallest absolute Gasteiger partial charge is 0.257 e. The standard InChI is InChI=1S/C25H29N3O5S/c1-17-8-10-18(11-9-17)24(30)27(19-6-4-2-3-5-7-19)22-16-23(29)28(25(22)31)20-12-14-21(15-13-20)34(26,32)33/h8-15,19,22H,2-7,16H2,1H3,(H2,26,32,33). The highest BCUT2D eigenvalue weighted by atomic mass is 32.2. The molecule has 2 aromatic rings. The van der Waals surface area contributed by atoms with Crippen LogP contribution in [0.4, 0.5) is 5.69 Å². The number of imide groups is 1. The van der Waals surface area contributed by atoms with Gasteiger partial charge in [0.2, 0.25) is 15.9 Å². The van der Waals surface area contributed by atoms with Gasteiger partial charge in [-0.25, -0.2) is 18.5 Å². The van der Waals surface area contributed by atoms with E-state index in [0.717, 1.165) is 49.0 Å². The molecule has 1 saturated carbocycles. The van der Waals surface area contributed by atoms with Crippen LogP contribution in [-0.2, 0) is 19.6 Å². The lowest BCUT2D eigenvalue weighted by molar-refractivity contribution is -0.123. The van der Waals surface area contributed by atoms with Crippen molar-refractivity contribution in [1.82, 2.24) is 4.90 Å². The molecule has 0 radical (unpaired) electrons. The van der Waals surface area contributed by atoms with Crippen molar-refractivity contribution in [2.75, 3.05) is 4.90 Å². The van der Waals surface area contributed by atoms with Crippen molar-refractivity contribution in [3.8, 4) is 0 Å². The third kappa shape index (κ3) is 4.90. The van der Waals surface area contributed by atoms with Crippen molar-refractivity contribution >= 4 is 33.4 Å². The Morgan fingerprint density at radius 3 is 2.09 bits per heavy atom. The molecule has 0 spiro atoms. The molecule has 0 bridgehead atoms. The Labute approximate surface area is 199 Å². The molecule has 1 unspecified atom stereocenters. The zero-order chi connectivity index (χ0) is 24.5. The monoisotopic (exact) mass is 483 g/mol. The van der Waals surface area contributed by atoms with Gasteiger partial charge in [-0.2, -0.15) is 0 Å². The quantitative estimate of drug-likeness (QED) is 0.518. The normalized spacial score (nSPS) is 19.8. The SMILES string of the molecule is Cc1ccc(C(=O)N(C2CCCCCC2)C2CC(=O)N(c3ccc(S(N)(=O)=O)cc3)C2=O)cc1. The summed E-state index contributed by atoms with van der Waals surface area (Å²) in [4.78, 5) is 42.7. The maximum Gasteiger partial charge on any atom is 0.257 e. The molecule has 0 aromatic heterocycles. The van der Waals surface area contributed by atoms with Gasteiger partial charge < -0.3 is 4.90 Å². The van der Waals surface area contributed by atoms with Crippen molar-refractivity contribution in [3.05, 3.63) is 59.7 Å². The fourth-order valence-electron chi connectivity index (χ4n) is 4.83. The number of hydrogen-bond acceptors (Lipinski definition) is 5. The molecule has 4 rings (SSSR count). The van der Waals surface area contributed by atoms with Crippen LogP contribution in [-0.4, -0.2) is 43.1 Å². The van der Waals surface area contributed by atoms with E-state index < -0.39 is 27.9 Å². The molecule has 3 amide bonds. The molecule has 1 aliphatic carbocycles. The third-order valence-corrected chi connectivity index (χ3v) is 7.56. The minimum absolute atomic E-state index is 0.107. The molecule has 2 fully saturated rings. The highest BCUT2D eigenvalue weighted by molar-refractivity contribution is 7.89. The molecule has 1 atom stereocenters. The van der Waals surface area contributed by atoms with Gasteiger partial charge in [-0.05, 0) is 56.2 Å². The van der Waals surface area contributed by atoms with Gasteiger partial charge in [-0.1, -0.05) is 43.4 Å². The second-order valence-electron chi connectivity index (χ2n) is 9.05. The van der Waals surface area contributed by atoms with E-state index in [1.54, 1.807) is 17.0 Å². The first kappa shape index (κ1) is 24.1. The minimum Gasteiger partial charge on any atom is -0.323 e. The maximum absolute atomic E-state index is 13.7. The molecule has 2 aromatic carbocycles. The lowest BCUT2D eigenvalue weighted by Crippen LogP contribution is -2.50. The van der Waals surface area contributed by atoms with Gasteiger partial charge >= 0.3 is 0 Å². The molecule has 34 heavy (non-hydrogen) atoms. The molecular formula is C25H29N3O5S. The van der Waals surface area contributed by atoms with Gasteiger partial charge in [0.05, 0.1) is 17.0 Å². The molecule has 180 valence electrons. The van der Waals surface area contributed by atoms with Crippen LogP contribution in [0.15, 0.2) is 53.4 Å².